The molecule has 0 saturated heterocycles. The molecule has 2 heterocycles. The fourth-order valence-electron chi connectivity index (χ4n) is 3.56. The Labute approximate surface area is 184 Å². The molecule has 1 aliphatic rings. The van der Waals surface area contributed by atoms with Gasteiger partial charge in [0.1, 0.15) is 17.4 Å². The Morgan fingerprint density at radius 2 is 1.88 bits per heavy atom. The molecule has 2 N–H and O–H groups in total. The summed E-state index contributed by atoms with van der Waals surface area (Å²) in [7, 11) is -3.97. The molecule has 32 heavy (non-hydrogen) atoms. The molecule has 0 spiro atoms. The molecule has 4 rings (SSSR count). The minimum atomic E-state index is -3.97. The number of anilines is 1. The summed E-state index contributed by atoms with van der Waals surface area (Å²) in [5.41, 5.74) is 2.44. The SMILES string of the molecule is Cc1cccc(NC(=O)c2oc3c(c2C)/C(=N/NS(=O)(=O)c2ccc(F)cc2)CCC3)n1. The summed E-state index contributed by atoms with van der Waals surface area (Å²) in [5, 5.41) is 6.83. The molecular formula is C22H21FN4O4S. The van der Waals surface area contributed by atoms with Crippen molar-refractivity contribution in [3.8, 4) is 0 Å². The molecule has 1 aromatic carbocycles. The number of benzene rings is 1. The third-order valence-corrected chi connectivity index (χ3v) is 6.31. The van der Waals surface area contributed by atoms with E-state index in [1.165, 1.54) is 0 Å². The molecule has 0 atom stereocenters. The number of hydrazone groups is 1. The number of furan rings is 1. The van der Waals surface area contributed by atoms with Gasteiger partial charge in [-0.2, -0.15) is 18.4 Å². The van der Waals surface area contributed by atoms with Gasteiger partial charge in [0, 0.05) is 23.2 Å². The zero-order chi connectivity index (χ0) is 22.9. The molecule has 0 radical (unpaired) electrons. The molecule has 166 valence electrons. The van der Waals surface area contributed by atoms with Gasteiger partial charge in [-0.05, 0) is 63.1 Å². The van der Waals surface area contributed by atoms with Crippen molar-refractivity contribution in [3.05, 3.63) is 76.6 Å². The van der Waals surface area contributed by atoms with Crippen molar-refractivity contribution in [3.63, 3.8) is 0 Å². The van der Waals surface area contributed by atoms with E-state index >= 15 is 0 Å². The first kappa shape index (κ1) is 21.7. The molecule has 3 aromatic rings. The average molecular weight is 456 g/mol. The molecule has 0 unspecified atom stereocenters. The van der Waals surface area contributed by atoms with Crippen molar-refractivity contribution >= 4 is 27.5 Å². The first-order chi connectivity index (χ1) is 15.2. The molecule has 0 fully saturated rings. The van der Waals surface area contributed by atoms with E-state index in [9.17, 15) is 17.6 Å². The Kier molecular flexibility index (Phi) is 5.79. The van der Waals surface area contributed by atoms with Crippen LogP contribution in [0.15, 0.2) is 56.9 Å². The van der Waals surface area contributed by atoms with E-state index in [1.54, 1.807) is 19.1 Å². The second kappa shape index (κ2) is 8.54. The van der Waals surface area contributed by atoms with Crippen LogP contribution < -0.4 is 10.1 Å². The van der Waals surface area contributed by atoms with E-state index in [0.717, 1.165) is 30.0 Å². The second-order valence-electron chi connectivity index (χ2n) is 7.43. The number of nitrogens with one attached hydrogen (secondary N) is 2. The first-order valence-corrected chi connectivity index (χ1v) is 11.4. The van der Waals surface area contributed by atoms with Crippen molar-refractivity contribution in [2.24, 2.45) is 5.10 Å². The highest BCUT2D eigenvalue weighted by atomic mass is 32.2. The maximum atomic E-state index is 13.1. The summed E-state index contributed by atoms with van der Waals surface area (Å²) < 4.78 is 43.9. The Balaban J connectivity index is 1.60. The van der Waals surface area contributed by atoms with E-state index in [-0.39, 0.29) is 10.7 Å². The lowest BCUT2D eigenvalue weighted by Gasteiger charge is -2.14. The van der Waals surface area contributed by atoms with Crippen LogP contribution in [0.25, 0.3) is 0 Å². The number of carbonyl (C=O) groups excluding carboxylic acids is 1. The van der Waals surface area contributed by atoms with Crippen LogP contribution in [0.4, 0.5) is 10.2 Å². The zero-order valence-corrected chi connectivity index (χ0v) is 18.3. The summed E-state index contributed by atoms with van der Waals surface area (Å²) in [6.07, 6.45) is 1.81. The van der Waals surface area contributed by atoms with Gasteiger partial charge in [-0.1, -0.05) is 6.07 Å². The van der Waals surface area contributed by atoms with Gasteiger partial charge in [-0.25, -0.2) is 9.37 Å². The number of sulfonamides is 1. The zero-order valence-electron chi connectivity index (χ0n) is 17.5. The van der Waals surface area contributed by atoms with Gasteiger partial charge in [0.05, 0.1) is 10.6 Å². The quantitative estimate of drug-likeness (QED) is 0.568. The number of fused-ring (bicyclic) bond motifs is 1. The molecular weight excluding hydrogens is 435 g/mol. The van der Waals surface area contributed by atoms with Gasteiger partial charge in [-0.15, -0.1) is 0 Å². The molecule has 0 aliphatic heterocycles. The topological polar surface area (TPSA) is 114 Å². The maximum Gasteiger partial charge on any atom is 0.292 e. The second-order valence-corrected chi connectivity index (χ2v) is 9.09. The van der Waals surface area contributed by atoms with Crippen molar-refractivity contribution in [2.45, 2.75) is 38.0 Å². The number of hydrogen-bond donors (Lipinski definition) is 2. The highest BCUT2D eigenvalue weighted by Gasteiger charge is 2.28. The Bertz CT molecular complexity index is 1310. The number of pyridine rings is 1. The number of amides is 1. The molecule has 2 aromatic heterocycles. The number of halogens is 1. The van der Waals surface area contributed by atoms with Crippen LogP contribution in [-0.2, 0) is 16.4 Å². The number of aromatic nitrogens is 1. The summed E-state index contributed by atoms with van der Waals surface area (Å²) in [5.74, 6) is 0.143. The van der Waals surface area contributed by atoms with Crippen LogP contribution in [0.5, 0.6) is 0 Å². The smallest absolute Gasteiger partial charge is 0.292 e. The van der Waals surface area contributed by atoms with Crippen LogP contribution in [0, 0.1) is 19.7 Å². The summed E-state index contributed by atoms with van der Waals surface area (Å²) in [4.78, 5) is 19.1. The maximum absolute atomic E-state index is 13.1. The molecule has 10 heteroatoms. The van der Waals surface area contributed by atoms with Gasteiger partial charge < -0.3 is 9.73 Å². The Morgan fingerprint density at radius 3 is 2.59 bits per heavy atom. The van der Waals surface area contributed by atoms with Gasteiger partial charge in [-0.3, -0.25) is 4.79 Å². The standard InChI is InChI=1S/C22H21FN4O4S/c1-13-5-3-8-19(24-13)25-22(28)21-14(2)20-17(6-4-7-18(20)31-21)26-27-32(29,30)16-11-9-15(23)10-12-16/h3,5,8-12,27H,4,6-7H2,1-2H3,(H,24,25,28)/b26-17+. The number of aryl methyl sites for hydroxylation is 2. The lowest BCUT2D eigenvalue weighted by atomic mass is 9.93. The third-order valence-electron chi connectivity index (χ3n) is 5.09. The molecule has 1 aliphatic carbocycles. The predicted octanol–water partition coefficient (Wildman–Crippen LogP) is 3.70. The van der Waals surface area contributed by atoms with Crippen molar-refractivity contribution in [1.82, 2.24) is 9.82 Å². The van der Waals surface area contributed by atoms with E-state index < -0.39 is 21.7 Å². The van der Waals surface area contributed by atoms with Crippen LogP contribution in [-0.4, -0.2) is 25.0 Å². The minimum absolute atomic E-state index is 0.103. The average Bonchev–Trinajstić information content (AvgIpc) is 3.10. The lowest BCUT2D eigenvalue weighted by Crippen LogP contribution is -2.22. The van der Waals surface area contributed by atoms with E-state index in [0.29, 0.717) is 47.7 Å². The van der Waals surface area contributed by atoms with Crippen LogP contribution in [0.2, 0.25) is 0 Å². The first-order valence-electron chi connectivity index (χ1n) is 9.96. The Morgan fingerprint density at radius 1 is 1.12 bits per heavy atom. The lowest BCUT2D eigenvalue weighted by molar-refractivity contribution is 0.0993. The molecule has 0 saturated carbocycles. The number of hydrogen-bond acceptors (Lipinski definition) is 6. The largest absolute Gasteiger partial charge is 0.455 e. The fraction of sp³-hybridized carbons (Fsp3) is 0.227. The number of carbonyl (C=O) groups is 1. The summed E-state index contributed by atoms with van der Waals surface area (Å²) in [6, 6.07) is 9.74. The van der Waals surface area contributed by atoms with Gasteiger partial charge >= 0.3 is 0 Å². The van der Waals surface area contributed by atoms with Gasteiger partial charge in [0.15, 0.2) is 5.76 Å². The molecule has 1 amide bonds. The molecule has 0 bridgehead atoms. The van der Waals surface area contributed by atoms with Gasteiger partial charge in [0.25, 0.3) is 15.9 Å². The van der Waals surface area contributed by atoms with Crippen LogP contribution in [0.3, 0.4) is 0 Å². The minimum Gasteiger partial charge on any atom is -0.455 e. The Hall–Kier alpha value is -3.53. The van der Waals surface area contributed by atoms with Crippen molar-refractivity contribution in [1.29, 1.82) is 0 Å². The highest BCUT2D eigenvalue weighted by molar-refractivity contribution is 7.89. The normalized spacial score (nSPS) is 14.8. The van der Waals surface area contributed by atoms with Crippen molar-refractivity contribution < 1.29 is 22.0 Å². The molecule has 8 nitrogen and oxygen atoms in total. The van der Waals surface area contributed by atoms with Crippen LogP contribution >= 0.6 is 0 Å². The highest BCUT2D eigenvalue weighted by Crippen LogP contribution is 2.30. The monoisotopic (exact) mass is 456 g/mol. The summed E-state index contributed by atoms with van der Waals surface area (Å²) in [6.45, 7) is 3.55. The van der Waals surface area contributed by atoms with E-state index in [1.807, 2.05) is 13.0 Å². The summed E-state index contributed by atoms with van der Waals surface area (Å²) >= 11 is 0. The van der Waals surface area contributed by atoms with Crippen LogP contribution in [0.1, 0.15) is 46.0 Å². The van der Waals surface area contributed by atoms with E-state index in [4.69, 9.17) is 4.42 Å². The van der Waals surface area contributed by atoms with Crippen molar-refractivity contribution in [2.75, 3.05) is 5.32 Å². The third kappa shape index (κ3) is 4.40. The number of rotatable bonds is 5. The fourth-order valence-corrected chi connectivity index (χ4v) is 4.39. The van der Waals surface area contributed by atoms with E-state index in [2.05, 4.69) is 20.2 Å². The predicted molar refractivity (Wildman–Crippen MR) is 117 cm³/mol. The number of nitrogens with zero attached hydrogens (tertiary/aromatic N) is 2. The van der Waals surface area contributed by atoms with Gasteiger partial charge in [0.2, 0.25) is 0 Å².